The number of halogens is 1. The third kappa shape index (κ3) is 9.11. The van der Waals surface area contributed by atoms with E-state index in [-0.39, 0.29) is 5.24 Å². The number of nitrogens with zero attached hydrogens (tertiary/aromatic N) is 1. The van der Waals surface area contributed by atoms with Crippen LogP contribution in [0.3, 0.4) is 0 Å². The summed E-state index contributed by atoms with van der Waals surface area (Å²) < 4.78 is 0. The summed E-state index contributed by atoms with van der Waals surface area (Å²) in [5, 5.41) is -0.273. The van der Waals surface area contributed by atoms with Crippen molar-refractivity contribution in [2.75, 3.05) is 0 Å². The zero-order valence-corrected chi connectivity index (χ0v) is 7.08. The molecule has 0 fully saturated rings. The maximum atomic E-state index is 9.58. The first-order chi connectivity index (χ1) is 5.27. The van der Waals surface area contributed by atoms with Gasteiger partial charge in [-0.2, -0.15) is 0 Å². The Labute approximate surface area is 71.2 Å². The molecule has 1 aromatic rings. The number of carbonyl (C=O) groups excluding carboxylic acids is 1. The number of hydrogen-bond donors (Lipinski definition) is 0. The van der Waals surface area contributed by atoms with Crippen LogP contribution in [0.1, 0.15) is 13.3 Å². The third-order valence-corrected chi connectivity index (χ3v) is 1.11. The quantitative estimate of drug-likeness (QED) is 0.607. The second kappa shape index (κ2) is 7.22. The molecule has 0 radical (unpaired) electrons. The van der Waals surface area contributed by atoms with Crippen molar-refractivity contribution in [1.82, 2.24) is 4.98 Å². The first kappa shape index (κ1) is 10.1. The van der Waals surface area contributed by atoms with E-state index in [1.54, 1.807) is 19.3 Å². The molecular weight excluding hydrogens is 162 g/mol. The van der Waals surface area contributed by atoms with Crippen LogP contribution in [-0.4, -0.2) is 10.2 Å². The van der Waals surface area contributed by atoms with Gasteiger partial charge in [-0.1, -0.05) is 13.0 Å². The van der Waals surface area contributed by atoms with Gasteiger partial charge in [-0.05, 0) is 23.7 Å². The second-order valence-electron chi connectivity index (χ2n) is 1.73. The molecule has 0 aliphatic heterocycles. The Kier molecular flexibility index (Phi) is 6.64. The maximum absolute atomic E-state index is 9.58. The summed E-state index contributed by atoms with van der Waals surface area (Å²) in [7, 11) is 0. The number of hydrogen-bond acceptors (Lipinski definition) is 2. The van der Waals surface area contributed by atoms with Gasteiger partial charge in [0.25, 0.3) is 0 Å². The van der Waals surface area contributed by atoms with E-state index in [1.165, 1.54) is 0 Å². The molecule has 0 saturated heterocycles. The predicted octanol–water partition coefficient (Wildman–Crippen LogP) is 2.24. The van der Waals surface area contributed by atoms with Crippen molar-refractivity contribution in [2.45, 2.75) is 13.3 Å². The van der Waals surface area contributed by atoms with Gasteiger partial charge in [0.1, 0.15) is 0 Å². The lowest BCUT2D eigenvalue weighted by atomic mass is 10.5. The van der Waals surface area contributed by atoms with E-state index in [2.05, 4.69) is 4.98 Å². The highest BCUT2D eigenvalue weighted by atomic mass is 35.5. The summed E-state index contributed by atoms with van der Waals surface area (Å²) >= 11 is 4.82. The number of pyridine rings is 1. The summed E-state index contributed by atoms with van der Waals surface area (Å²) in [4.78, 5) is 13.4. The van der Waals surface area contributed by atoms with Gasteiger partial charge in [-0.3, -0.25) is 9.78 Å². The van der Waals surface area contributed by atoms with Crippen molar-refractivity contribution in [3.05, 3.63) is 30.6 Å². The van der Waals surface area contributed by atoms with E-state index < -0.39 is 0 Å². The van der Waals surface area contributed by atoms with Crippen LogP contribution in [0.2, 0.25) is 0 Å². The van der Waals surface area contributed by atoms with Crippen molar-refractivity contribution < 1.29 is 4.79 Å². The number of carbonyl (C=O) groups is 1. The third-order valence-electron chi connectivity index (χ3n) is 0.844. The van der Waals surface area contributed by atoms with Gasteiger partial charge in [0.15, 0.2) is 0 Å². The Morgan fingerprint density at radius 3 is 1.91 bits per heavy atom. The van der Waals surface area contributed by atoms with E-state index in [9.17, 15) is 4.79 Å². The summed E-state index contributed by atoms with van der Waals surface area (Å²) in [6, 6.07) is 5.72. The zero-order chi connectivity index (χ0) is 8.53. The van der Waals surface area contributed by atoms with Gasteiger partial charge in [-0.25, -0.2) is 0 Å². The van der Waals surface area contributed by atoms with Crippen LogP contribution >= 0.6 is 11.6 Å². The molecule has 0 bridgehead atoms. The minimum atomic E-state index is -0.273. The molecule has 60 valence electrons. The molecule has 1 aromatic heterocycles. The summed E-state index contributed by atoms with van der Waals surface area (Å²) in [6.45, 7) is 1.72. The molecule has 0 unspecified atom stereocenters. The molecule has 0 saturated carbocycles. The lowest BCUT2D eigenvalue weighted by molar-refractivity contribution is -0.111. The first-order valence-electron chi connectivity index (χ1n) is 3.30. The normalized spacial score (nSPS) is 7.82. The lowest BCUT2D eigenvalue weighted by Crippen LogP contribution is -1.74. The van der Waals surface area contributed by atoms with Crippen LogP contribution in [0, 0.1) is 0 Å². The van der Waals surface area contributed by atoms with Crippen LogP contribution in [0.4, 0.5) is 0 Å². The van der Waals surface area contributed by atoms with Gasteiger partial charge in [-0.15, -0.1) is 0 Å². The van der Waals surface area contributed by atoms with Crippen molar-refractivity contribution in [3.8, 4) is 0 Å². The van der Waals surface area contributed by atoms with Crippen LogP contribution < -0.4 is 0 Å². The Morgan fingerprint density at radius 2 is 1.82 bits per heavy atom. The monoisotopic (exact) mass is 171 g/mol. The minimum Gasteiger partial charge on any atom is -0.281 e. The minimum absolute atomic E-state index is 0.273. The molecule has 0 amide bonds. The first-order valence-corrected chi connectivity index (χ1v) is 3.68. The molecule has 0 aliphatic carbocycles. The number of aromatic nitrogens is 1. The fraction of sp³-hybridized carbons (Fsp3) is 0.250. The van der Waals surface area contributed by atoms with Gasteiger partial charge >= 0.3 is 0 Å². The van der Waals surface area contributed by atoms with E-state index in [0.29, 0.717) is 6.42 Å². The van der Waals surface area contributed by atoms with E-state index >= 15 is 0 Å². The average molecular weight is 172 g/mol. The number of rotatable bonds is 1. The molecular formula is C8H10ClNO. The smallest absolute Gasteiger partial charge is 0.221 e. The van der Waals surface area contributed by atoms with Crippen molar-refractivity contribution >= 4 is 16.8 Å². The highest BCUT2D eigenvalue weighted by Crippen LogP contribution is 1.81. The van der Waals surface area contributed by atoms with E-state index in [1.807, 2.05) is 18.2 Å². The molecule has 0 aromatic carbocycles. The highest BCUT2D eigenvalue weighted by molar-refractivity contribution is 6.63. The largest absolute Gasteiger partial charge is 0.281 e. The van der Waals surface area contributed by atoms with Gasteiger partial charge < -0.3 is 0 Å². The van der Waals surface area contributed by atoms with E-state index in [0.717, 1.165) is 0 Å². The maximum Gasteiger partial charge on any atom is 0.221 e. The molecule has 1 heterocycles. The Morgan fingerprint density at radius 1 is 1.36 bits per heavy atom. The fourth-order valence-electron chi connectivity index (χ4n) is 0.313. The molecule has 3 heteroatoms. The zero-order valence-electron chi connectivity index (χ0n) is 6.33. The molecule has 0 N–H and O–H groups in total. The summed E-state index contributed by atoms with van der Waals surface area (Å²) in [6.07, 6.45) is 3.93. The molecule has 0 spiro atoms. The summed E-state index contributed by atoms with van der Waals surface area (Å²) in [5.41, 5.74) is 0. The Hall–Kier alpha value is -0.890. The van der Waals surface area contributed by atoms with Crippen LogP contribution in [0.5, 0.6) is 0 Å². The SMILES string of the molecule is CCC(=O)Cl.c1ccncc1. The average Bonchev–Trinajstić information content (AvgIpc) is 2.09. The van der Waals surface area contributed by atoms with Crippen LogP contribution in [0.25, 0.3) is 0 Å². The van der Waals surface area contributed by atoms with Crippen molar-refractivity contribution in [3.63, 3.8) is 0 Å². The van der Waals surface area contributed by atoms with Crippen molar-refractivity contribution in [1.29, 1.82) is 0 Å². The highest BCUT2D eigenvalue weighted by Gasteiger charge is 1.81. The molecule has 11 heavy (non-hydrogen) atoms. The Bertz CT molecular complexity index is 162. The molecule has 0 atom stereocenters. The van der Waals surface area contributed by atoms with Crippen molar-refractivity contribution in [2.24, 2.45) is 0 Å². The molecule has 1 rings (SSSR count). The topological polar surface area (TPSA) is 30.0 Å². The van der Waals surface area contributed by atoms with Crippen LogP contribution in [0.15, 0.2) is 30.6 Å². The second-order valence-corrected chi connectivity index (χ2v) is 2.15. The Balaban J connectivity index is 0.000000187. The predicted molar refractivity (Wildman–Crippen MR) is 45.4 cm³/mol. The standard InChI is InChI=1S/C5H5N.C3H5ClO/c1-2-4-6-5-3-1;1-2-3(4)5/h1-5H;2H2,1H3. The summed E-state index contributed by atoms with van der Waals surface area (Å²) in [5.74, 6) is 0. The van der Waals surface area contributed by atoms with E-state index in [4.69, 9.17) is 11.6 Å². The molecule has 2 nitrogen and oxygen atoms in total. The molecule has 0 aliphatic rings. The van der Waals surface area contributed by atoms with Crippen LogP contribution in [-0.2, 0) is 4.79 Å². The van der Waals surface area contributed by atoms with Gasteiger partial charge in [0.05, 0.1) is 0 Å². The van der Waals surface area contributed by atoms with Gasteiger partial charge in [0, 0.05) is 18.8 Å². The lowest BCUT2D eigenvalue weighted by Gasteiger charge is -1.70. The van der Waals surface area contributed by atoms with Gasteiger partial charge in [0.2, 0.25) is 5.24 Å². The fourth-order valence-corrected chi connectivity index (χ4v) is 0.313.